The molecule has 0 amide bonds. The van der Waals surface area contributed by atoms with Crippen molar-refractivity contribution >= 4 is 21.8 Å². The van der Waals surface area contributed by atoms with Crippen molar-refractivity contribution in [1.82, 2.24) is 9.47 Å². The SMILES string of the molecule is COc1cc2c(cc1F)c1cccc(C(F)(F)F)c1n2CCN1CCOCC1. The molecule has 0 unspecified atom stereocenters. The van der Waals surface area contributed by atoms with Crippen LogP contribution in [0.15, 0.2) is 30.3 Å². The van der Waals surface area contributed by atoms with Crippen LogP contribution in [0.5, 0.6) is 5.75 Å². The standard InChI is InChI=1S/C20H20F4N2O2/c1-27-18-12-17-14(11-16(18)21)13-3-2-4-15(20(22,23)24)19(13)26(17)6-5-25-7-9-28-10-8-25/h2-4,11-12H,5-10H2,1H3. The summed E-state index contributed by atoms with van der Waals surface area (Å²) in [5, 5.41) is 0.828. The van der Waals surface area contributed by atoms with Gasteiger partial charge in [-0.25, -0.2) is 4.39 Å². The van der Waals surface area contributed by atoms with Crippen molar-refractivity contribution in [3.63, 3.8) is 0 Å². The molecule has 0 bridgehead atoms. The normalized spacial score (nSPS) is 16.2. The van der Waals surface area contributed by atoms with Crippen LogP contribution in [0.4, 0.5) is 17.6 Å². The van der Waals surface area contributed by atoms with E-state index in [1.54, 1.807) is 10.6 Å². The van der Waals surface area contributed by atoms with Gasteiger partial charge in [0.2, 0.25) is 0 Å². The van der Waals surface area contributed by atoms with Crippen LogP contribution >= 0.6 is 0 Å². The Hall–Kier alpha value is -2.32. The van der Waals surface area contributed by atoms with E-state index < -0.39 is 17.6 Å². The lowest BCUT2D eigenvalue weighted by molar-refractivity contribution is -0.136. The lowest BCUT2D eigenvalue weighted by Crippen LogP contribution is -2.38. The highest BCUT2D eigenvalue weighted by atomic mass is 19.4. The maximum atomic E-state index is 14.3. The number of benzene rings is 2. The summed E-state index contributed by atoms with van der Waals surface area (Å²) in [7, 11) is 1.34. The largest absolute Gasteiger partial charge is 0.494 e. The fraction of sp³-hybridized carbons (Fsp3) is 0.400. The Kier molecular flexibility index (Phi) is 4.93. The zero-order valence-corrected chi connectivity index (χ0v) is 15.4. The first-order valence-electron chi connectivity index (χ1n) is 9.06. The second-order valence-electron chi connectivity index (χ2n) is 6.81. The van der Waals surface area contributed by atoms with Crippen molar-refractivity contribution in [2.45, 2.75) is 12.7 Å². The van der Waals surface area contributed by atoms with Crippen LogP contribution in [0.3, 0.4) is 0 Å². The third-order valence-electron chi connectivity index (χ3n) is 5.21. The van der Waals surface area contributed by atoms with E-state index in [-0.39, 0.29) is 11.3 Å². The number of para-hydroxylation sites is 1. The quantitative estimate of drug-likeness (QED) is 0.616. The highest BCUT2D eigenvalue weighted by molar-refractivity contribution is 6.09. The molecule has 1 aliphatic heterocycles. The van der Waals surface area contributed by atoms with Gasteiger partial charge < -0.3 is 14.0 Å². The van der Waals surface area contributed by atoms with E-state index in [1.165, 1.54) is 25.3 Å². The molecule has 28 heavy (non-hydrogen) atoms. The zero-order chi connectivity index (χ0) is 19.9. The first-order valence-corrected chi connectivity index (χ1v) is 9.06. The fourth-order valence-corrected chi connectivity index (χ4v) is 3.84. The number of alkyl halides is 3. The molecule has 0 atom stereocenters. The third-order valence-corrected chi connectivity index (χ3v) is 5.21. The molecular weight excluding hydrogens is 376 g/mol. The van der Waals surface area contributed by atoms with Gasteiger partial charge in [-0.05, 0) is 12.1 Å². The Morgan fingerprint density at radius 2 is 1.82 bits per heavy atom. The number of rotatable bonds is 4. The number of nitrogens with zero attached hydrogens (tertiary/aromatic N) is 2. The van der Waals surface area contributed by atoms with Crippen molar-refractivity contribution in [2.75, 3.05) is 40.0 Å². The van der Waals surface area contributed by atoms with E-state index in [1.807, 2.05) is 0 Å². The van der Waals surface area contributed by atoms with E-state index >= 15 is 0 Å². The smallest absolute Gasteiger partial charge is 0.418 e. The maximum Gasteiger partial charge on any atom is 0.418 e. The molecule has 0 radical (unpaired) electrons. The molecule has 8 heteroatoms. The number of aromatic nitrogens is 1. The van der Waals surface area contributed by atoms with E-state index in [2.05, 4.69) is 4.90 Å². The molecule has 1 saturated heterocycles. The van der Waals surface area contributed by atoms with Crippen LogP contribution in [0.2, 0.25) is 0 Å². The van der Waals surface area contributed by atoms with E-state index in [4.69, 9.17) is 9.47 Å². The molecule has 0 aliphatic carbocycles. The van der Waals surface area contributed by atoms with Crippen LogP contribution in [-0.4, -0.2) is 49.4 Å². The highest BCUT2D eigenvalue weighted by Gasteiger charge is 2.34. The number of halogens is 4. The zero-order valence-electron chi connectivity index (χ0n) is 15.4. The fourth-order valence-electron chi connectivity index (χ4n) is 3.84. The molecule has 4 nitrogen and oxygen atoms in total. The van der Waals surface area contributed by atoms with Gasteiger partial charge in [-0.1, -0.05) is 12.1 Å². The van der Waals surface area contributed by atoms with Crippen LogP contribution in [0.1, 0.15) is 5.56 Å². The van der Waals surface area contributed by atoms with Gasteiger partial charge >= 0.3 is 6.18 Å². The average molecular weight is 396 g/mol. The van der Waals surface area contributed by atoms with Gasteiger partial charge in [-0.2, -0.15) is 13.2 Å². The number of ether oxygens (including phenoxy) is 2. The number of fused-ring (bicyclic) bond motifs is 3. The van der Waals surface area contributed by atoms with Gasteiger partial charge in [0.05, 0.1) is 36.9 Å². The molecule has 2 aromatic carbocycles. The molecule has 0 spiro atoms. The van der Waals surface area contributed by atoms with Crippen LogP contribution in [0, 0.1) is 5.82 Å². The predicted molar refractivity (Wildman–Crippen MR) is 98.2 cm³/mol. The monoisotopic (exact) mass is 396 g/mol. The predicted octanol–water partition coefficient (Wildman–Crippen LogP) is 4.29. The van der Waals surface area contributed by atoms with Gasteiger partial charge in [-0.15, -0.1) is 0 Å². The summed E-state index contributed by atoms with van der Waals surface area (Å²) in [6, 6.07) is 6.76. The summed E-state index contributed by atoms with van der Waals surface area (Å²) in [5.41, 5.74) is -0.119. The molecule has 1 aliphatic rings. The summed E-state index contributed by atoms with van der Waals surface area (Å²) in [4.78, 5) is 2.15. The Morgan fingerprint density at radius 3 is 2.50 bits per heavy atom. The topological polar surface area (TPSA) is 26.6 Å². The Balaban J connectivity index is 1.91. The summed E-state index contributed by atoms with van der Waals surface area (Å²) in [6.45, 7) is 3.62. The van der Waals surface area contributed by atoms with Crippen LogP contribution in [0.25, 0.3) is 21.8 Å². The first kappa shape index (κ1) is 19.0. The second-order valence-corrected chi connectivity index (χ2v) is 6.81. The summed E-state index contributed by atoms with van der Waals surface area (Å²) in [5.74, 6) is -0.587. The van der Waals surface area contributed by atoms with Crippen molar-refractivity contribution in [3.05, 3.63) is 41.7 Å². The van der Waals surface area contributed by atoms with Crippen molar-refractivity contribution in [3.8, 4) is 5.75 Å². The number of methoxy groups -OCH3 is 1. The lowest BCUT2D eigenvalue weighted by Gasteiger charge is -2.27. The van der Waals surface area contributed by atoms with Gasteiger partial charge in [-0.3, -0.25) is 4.90 Å². The van der Waals surface area contributed by atoms with Crippen LogP contribution in [-0.2, 0) is 17.5 Å². The summed E-state index contributed by atoms with van der Waals surface area (Å²) >= 11 is 0. The minimum Gasteiger partial charge on any atom is -0.494 e. The molecule has 0 N–H and O–H groups in total. The van der Waals surface area contributed by atoms with Gasteiger partial charge in [0, 0.05) is 43.0 Å². The maximum absolute atomic E-state index is 14.3. The van der Waals surface area contributed by atoms with Gasteiger partial charge in [0.1, 0.15) is 0 Å². The van der Waals surface area contributed by atoms with E-state index in [0.717, 1.165) is 19.2 Å². The molecule has 1 aromatic heterocycles. The first-order chi connectivity index (χ1) is 13.4. The minimum atomic E-state index is -4.51. The highest BCUT2D eigenvalue weighted by Crippen LogP contribution is 2.40. The number of morpholine rings is 1. The molecule has 2 heterocycles. The second kappa shape index (κ2) is 7.25. The van der Waals surface area contributed by atoms with E-state index in [0.29, 0.717) is 42.6 Å². The Morgan fingerprint density at radius 1 is 1.07 bits per heavy atom. The molecule has 0 saturated carbocycles. The third kappa shape index (κ3) is 3.31. The van der Waals surface area contributed by atoms with Gasteiger partial charge in [0.25, 0.3) is 0 Å². The van der Waals surface area contributed by atoms with Crippen molar-refractivity contribution < 1.29 is 27.0 Å². The lowest BCUT2D eigenvalue weighted by atomic mass is 10.1. The number of hydrogen-bond acceptors (Lipinski definition) is 3. The Labute approximate surface area is 159 Å². The van der Waals surface area contributed by atoms with Crippen molar-refractivity contribution in [2.24, 2.45) is 0 Å². The van der Waals surface area contributed by atoms with Crippen LogP contribution < -0.4 is 4.74 Å². The molecular formula is C20H20F4N2O2. The van der Waals surface area contributed by atoms with Crippen molar-refractivity contribution in [1.29, 1.82) is 0 Å². The number of hydrogen-bond donors (Lipinski definition) is 0. The minimum absolute atomic E-state index is 0.0106. The molecule has 3 aromatic rings. The molecule has 1 fully saturated rings. The van der Waals surface area contributed by atoms with E-state index in [9.17, 15) is 17.6 Å². The molecule has 150 valence electrons. The van der Waals surface area contributed by atoms with Gasteiger partial charge in [0.15, 0.2) is 11.6 Å². The Bertz CT molecular complexity index is 1010. The summed E-state index contributed by atoms with van der Waals surface area (Å²) < 4.78 is 67.4. The molecule has 4 rings (SSSR count). The average Bonchev–Trinajstić information content (AvgIpc) is 2.98. The summed E-state index contributed by atoms with van der Waals surface area (Å²) in [6.07, 6.45) is -4.51.